The number of anilines is 2. The highest BCUT2D eigenvalue weighted by atomic mass is 16.5. The molecule has 0 unspecified atom stereocenters. The number of likely N-dealkylation sites (N-methyl/N-ethyl adjacent to an activating group) is 1. The Hall–Kier alpha value is -3.22. The van der Waals surface area contributed by atoms with E-state index in [0.29, 0.717) is 0 Å². The molecule has 3 rings (SSSR count). The van der Waals surface area contributed by atoms with Crippen molar-refractivity contribution in [2.75, 3.05) is 24.3 Å². The van der Waals surface area contributed by atoms with E-state index in [1.165, 1.54) is 18.5 Å². The number of carbonyl (C=O) groups is 2. The summed E-state index contributed by atoms with van der Waals surface area (Å²) >= 11 is 0. The fourth-order valence-corrected chi connectivity index (χ4v) is 3.16. The average molecular weight is 352 g/mol. The predicted molar refractivity (Wildman–Crippen MR) is 97.7 cm³/mol. The number of ether oxygens (including phenoxy) is 1. The van der Waals surface area contributed by atoms with Crippen molar-refractivity contribution in [3.8, 4) is 0 Å². The van der Waals surface area contributed by atoms with Crippen LogP contribution in [0.3, 0.4) is 0 Å². The first-order valence-corrected chi connectivity index (χ1v) is 8.14. The van der Waals surface area contributed by atoms with Gasteiger partial charge in [0, 0.05) is 42.3 Å². The van der Waals surface area contributed by atoms with E-state index in [0.717, 1.165) is 16.9 Å². The van der Waals surface area contributed by atoms with E-state index in [2.05, 4.69) is 23.8 Å². The van der Waals surface area contributed by atoms with Crippen LogP contribution < -0.4 is 10.6 Å². The lowest BCUT2D eigenvalue weighted by Crippen LogP contribution is -2.25. The molecule has 0 fully saturated rings. The highest BCUT2D eigenvalue weighted by molar-refractivity contribution is 5.97. The highest BCUT2D eigenvalue weighted by Gasteiger charge is 2.38. The molecule has 1 aromatic carbocycles. The molecule has 1 aliphatic heterocycles. The molecule has 0 radical (unpaired) electrons. The van der Waals surface area contributed by atoms with Crippen LogP contribution in [0, 0.1) is 0 Å². The summed E-state index contributed by atoms with van der Waals surface area (Å²) in [4.78, 5) is 33.9. The van der Waals surface area contributed by atoms with Crippen LogP contribution in [0.4, 0.5) is 11.5 Å². The van der Waals surface area contributed by atoms with E-state index in [1.807, 2.05) is 36.2 Å². The number of nitrogens with zero attached hydrogens (tertiary/aromatic N) is 3. The van der Waals surface area contributed by atoms with Gasteiger partial charge >= 0.3 is 5.97 Å². The monoisotopic (exact) mass is 352 g/mol. The summed E-state index contributed by atoms with van der Waals surface area (Å²) in [6, 6.07) is 8.00. The Morgan fingerprint density at radius 3 is 2.62 bits per heavy atom. The number of esters is 1. The third-order valence-corrected chi connectivity index (χ3v) is 4.50. The van der Waals surface area contributed by atoms with Gasteiger partial charge in [0.05, 0.1) is 0 Å². The number of hydrogen-bond acceptors (Lipinski definition) is 7. The number of nitrogens with two attached hydrogens (primary N) is 1. The molecule has 7 nitrogen and oxygen atoms in total. The summed E-state index contributed by atoms with van der Waals surface area (Å²) in [5.74, 6) is -1.12. The van der Waals surface area contributed by atoms with Crippen LogP contribution >= 0.6 is 0 Å². The topological polar surface area (TPSA) is 98.4 Å². The van der Waals surface area contributed by atoms with Crippen LogP contribution in [0.25, 0.3) is 0 Å². The van der Waals surface area contributed by atoms with E-state index in [-0.39, 0.29) is 22.7 Å². The van der Waals surface area contributed by atoms with Crippen molar-refractivity contribution in [2.45, 2.75) is 19.3 Å². The van der Waals surface area contributed by atoms with Crippen LogP contribution in [-0.2, 0) is 14.9 Å². The number of para-hydroxylation sites is 1. The number of benzene rings is 1. The van der Waals surface area contributed by atoms with Crippen LogP contribution in [-0.4, -0.2) is 35.4 Å². The SMILES string of the molecule is CN1/C(=C\C(=O)COC(=O)c2nccnc2N)C(C)(C)c2ccccc21. The zero-order valence-corrected chi connectivity index (χ0v) is 14.9. The van der Waals surface area contributed by atoms with Crippen LogP contribution in [0.15, 0.2) is 48.4 Å². The number of aromatic nitrogens is 2. The molecular weight excluding hydrogens is 332 g/mol. The summed E-state index contributed by atoms with van der Waals surface area (Å²) in [5, 5.41) is 0. The maximum absolute atomic E-state index is 12.4. The first-order valence-electron chi connectivity index (χ1n) is 8.14. The molecule has 1 aromatic heterocycles. The van der Waals surface area contributed by atoms with Crippen LogP contribution in [0.1, 0.15) is 29.9 Å². The third-order valence-electron chi connectivity index (χ3n) is 4.50. The Kier molecular flexibility index (Phi) is 4.46. The number of rotatable bonds is 4. The van der Waals surface area contributed by atoms with Gasteiger partial charge in [-0.1, -0.05) is 32.0 Å². The fourth-order valence-electron chi connectivity index (χ4n) is 3.16. The Morgan fingerprint density at radius 1 is 1.23 bits per heavy atom. The molecule has 26 heavy (non-hydrogen) atoms. The van der Waals surface area contributed by atoms with E-state index < -0.39 is 12.6 Å². The van der Waals surface area contributed by atoms with Crippen molar-refractivity contribution in [1.82, 2.24) is 9.97 Å². The second-order valence-electron chi connectivity index (χ2n) is 6.56. The van der Waals surface area contributed by atoms with E-state index >= 15 is 0 Å². The van der Waals surface area contributed by atoms with Crippen molar-refractivity contribution in [2.24, 2.45) is 0 Å². The Balaban J connectivity index is 1.74. The largest absolute Gasteiger partial charge is 0.452 e. The van der Waals surface area contributed by atoms with Crippen molar-refractivity contribution in [3.63, 3.8) is 0 Å². The second-order valence-corrected chi connectivity index (χ2v) is 6.56. The molecule has 0 saturated heterocycles. The maximum atomic E-state index is 12.4. The number of hydrogen-bond donors (Lipinski definition) is 1. The van der Waals surface area contributed by atoms with Crippen molar-refractivity contribution < 1.29 is 14.3 Å². The van der Waals surface area contributed by atoms with Crippen molar-refractivity contribution in [1.29, 1.82) is 0 Å². The molecule has 0 atom stereocenters. The van der Waals surface area contributed by atoms with Gasteiger partial charge in [-0.2, -0.15) is 0 Å². The number of carbonyl (C=O) groups excluding carboxylic acids is 2. The fraction of sp³-hybridized carbons (Fsp3) is 0.263. The first kappa shape index (κ1) is 17.6. The molecule has 0 saturated carbocycles. The average Bonchev–Trinajstić information content (AvgIpc) is 2.81. The smallest absolute Gasteiger partial charge is 0.361 e. The normalized spacial score (nSPS) is 16.4. The minimum atomic E-state index is -0.773. The maximum Gasteiger partial charge on any atom is 0.361 e. The third kappa shape index (κ3) is 3.03. The molecule has 0 spiro atoms. The number of fused-ring (bicyclic) bond motifs is 1. The summed E-state index contributed by atoms with van der Waals surface area (Å²) in [5.41, 5.74) is 8.21. The van der Waals surface area contributed by atoms with Crippen LogP contribution in [0.2, 0.25) is 0 Å². The Bertz CT molecular complexity index is 905. The molecule has 2 N–H and O–H groups in total. The minimum Gasteiger partial charge on any atom is -0.452 e. The van der Waals surface area contributed by atoms with Gasteiger partial charge in [0.25, 0.3) is 0 Å². The highest BCUT2D eigenvalue weighted by Crippen LogP contribution is 2.46. The van der Waals surface area contributed by atoms with E-state index in [9.17, 15) is 9.59 Å². The molecule has 134 valence electrons. The van der Waals surface area contributed by atoms with E-state index in [4.69, 9.17) is 10.5 Å². The minimum absolute atomic E-state index is 0.0320. The molecular formula is C19H20N4O3. The summed E-state index contributed by atoms with van der Waals surface area (Å²) < 4.78 is 5.03. The lowest BCUT2D eigenvalue weighted by Gasteiger charge is -2.23. The van der Waals surface area contributed by atoms with Gasteiger partial charge in [-0.05, 0) is 11.6 Å². The number of allylic oxidation sites excluding steroid dienone is 1. The summed E-state index contributed by atoms with van der Waals surface area (Å²) in [6.45, 7) is 3.72. The summed E-state index contributed by atoms with van der Waals surface area (Å²) in [7, 11) is 1.92. The van der Waals surface area contributed by atoms with Gasteiger partial charge in [0.2, 0.25) is 0 Å². The molecule has 2 heterocycles. The first-order chi connectivity index (χ1) is 12.3. The van der Waals surface area contributed by atoms with Gasteiger partial charge in [0.15, 0.2) is 23.9 Å². The molecule has 0 amide bonds. The van der Waals surface area contributed by atoms with Gasteiger partial charge < -0.3 is 15.4 Å². The van der Waals surface area contributed by atoms with Gasteiger partial charge in [-0.25, -0.2) is 14.8 Å². The molecule has 2 aromatic rings. The zero-order valence-electron chi connectivity index (χ0n) is 14.9. The predicted octanol–water partition coefficient (Wildman–Crippen LogP) is 2.10. The Morgan fingerprint density at radius 2 is 1.92 bits per heavy atom. The lowest BCUT2D eigenvalue weighted by molar-refractivity contribution is -0.117. The number of nitrogen functional groups attached to an aromatic ring is 1. The number of ketones is 1. The van der Waals surface area contributed by atoms with Gasteiger partial charge in [0.1, 0.15) is 0 Å². The molecule has 1 aliphatic rings. The standard InChI is InChI=1S/C19H20N4O3/c1-19(2)13-6-4-5-7-14(13)23(3)15(19)10-12(24)11-26-18(25)16-17(20)22-9-8-21-16/h4-10H,11H2,1-3H3,(H2,20,22)/b15-10-. The van der Waals surface area contributed by atoms with Crippen molar-refractivity contribution >= 4 is 23.3 Å². The molecule has 0 bridgehead atoms. The van der Waals surface area contributed by atoms with E-state index in [1.54, 1.807) is 0 Å². The molecule has 7 heteroatoms. The molecule has 0 aliphatic carbocycles. The van der Waals surface area contributed by atoms with Gasteiger partial charge in [-0.15, -0.1) is 0 Å². The van der Waals surface area contributed by atoms with Gasteiger partial charge in [-0.3, -0.25) is 4.79 Å². The van der Waals surface area contributed by atoms with Crippen LogP contribution in [0.5, 0.6) is 0 Å². The second kappa shape index (κ2) is 6.59. The Labute approximate surface area is 151 Å². The zero-order chi connectivity index (χ0) is 18.9. The van der Waals surface area contributed by atoms with Crippen molar-refractivity contribution in [3.05, 3.63) is 59.7 Å². The summed E-state index contributed by atoms with van der Waals surface area (Å²) in [6.07, 6.45) is 4.23. The lowest BCUT2D eigenvalue weighted by atomic mass is 9.83. The quantitative estimate of drug-likeness (QED) is 0.664.